The third-order valence-electron chi connectivity index (χ3n) is 7.30. The molecule has 4 N–H and O–H groups in total. The van der Waals surface area contributed by atoms with Gasteiger partial charge in [0.2, 0.25) is 5.78 Å². The molecule has 3 aromatic heterocycles. The Labute approximate surface area is 227 Å². The highest BCUT2D eigenvalue weighted by Crippen LogP contribution is 2.37. The van der Waals surface area contributed by atoms with Gasteiger partial charge in [0.05, 0.1) is 17.2 Å². The number of carbonyl (C=O) groups is 1. The molecule has 1 aliphatic rings. The van der Waals surface area contributed by atoms with Gasteiger partial charge in [-0.1, -0.05) is 0 Å². The Morgan fingerprint density at radius 1 is 1.10 bits per heavy atom. The number of aromatic nitrogens is 5. The summed E-state index contributed by atoms with van der Waals surface area (Å²) in [6.45, 7) is 1.87. The van der Waals surface area contributed by atoms with Crippen LogP contribution < -0.4 is 21.0 Å². The van der Waals surface area contributed by atoms with Crippen molar-refractivity contribution < 1.29 is 4.79 Å². The average molecular weight is 528 g/mol. The molecule has 4 heterocycles. The molecule has 1 saturated heterocycles. The summed E-state index contributed by atoms with van der Waals surface area (Å²) in [6, 6.07) is 11.7. The molecule has 12 nitrogen and oxygen atoms in total. The van der Waals surface area contributed by atoms with Gasteiger partial charge in [-0.2, -0.15) is 10.1 Å². The maximum atomic E-state index is 13.6. The van der Waals surface area contributed by atoms with Crippen LogP contribution in [0.5, 0.6) is 0 Å². The van der Waals surface area contributed by atoms with E-state index in [0.717, 1.165) is 31.7 Å². The molecule has 12 heteroatoms. The van der Waals surface area contributed by atoms with Crippen molar-refractivity contribution in [2.75, 3.05) is 69.3 Å². The molecule has 0 radical (unpaired) electrons. The van der Waals surface area contributed by atoms with Gasteiger partial charge in [-0.15, -0.1) is 5.10 Å². The zero-order valence-electron chi connectivity index (χ0n) is 22.8. The van der Waals surface area contributed by atoms with Crippen LogP contribution in [0.4, 0.5) is 17.5 Å². The highest BCUT2D eigenvalue weighted by molar-refractivity contribution is 6.09. The van der Waals surface area contributed by atoms with E-state index in [0.29, 0.717) is 51.1 Å². The van der Waals surface area contributed by atoms with E-state index in [2.05, 4.69) is 61.1 Å². The smallest absolute Gasteiger partial charge is 0.228 e. The molecule has 0 aliphatic carbocycles. The fraction of sp³-hybridized carbons (Fsp3) is 0.370. The van der Waals surface area contributed by atoms with Crippen molar-refractivity contribution in [1.29, 1.82) is 5.26 Å². The lowest BCUT2D eigenvalue weighted by molar-refractivity contribution is 0.103. The van der Waals surface area contributed by atoms with E-state index in [1.165, 1.54) is 0 Å². The van der Waals surface area contributed by atoms with Gasteiger partial charge in [-0.25, -0.2) is 9.97 Å². The number of H-pyrrole nitrogens is 1. The Morgan fingerprint density at radius 3 is 2.51 bits per heavy atom. The number of hydrogen-bond acceptors (Lipinski definition) is 10. The Hall–Kier alpha value is -4.63. The standard InChI is InChI=1S/C27H33N11O/c1-29-25-22(27(30-2)38(31-3)35-25)19-14-16(6-7-17(19)15-28)23(39)26-32-20-8-9-21(33-24(20)34-26)37-12-10-18(11-13-37)36(4)5/h6-9,14,18,30-31H,10-13H2,1-5H3,(H,29,35)(H,32,33,34). The van der Waals surface area contributed by atoms with Crippen molar-refractivity contribution in [2.45, 2.75) is 18.9 Å². The van der Waals surface area contributed by atoms with Crippen LogP contribution in [0.2, 0.25) is 0 Å². The minimum absolute atomic E-state index is 0.199. The Kier molecular flexibility index (Phi) is 7.08. The highest BCUT2D eigenvalue weighted by atomic mass is 16.1. The van der Waals surface area contributed by atoms with E-state index in [1.807, 2.05) is 12.1 Å². The summed E-state index contributed by atoms with van der Waals surface area (Å²) in [5.41, 5.74) is 6.26. The summed E-state index contributed by atoms with van der Waals surface area (Å²) < 4.78 is 0. The van der Waals surface area contributed by atoms with Crippen molar-refractivity contribution in [3.8, 4) is 17.2 Å². The molecule has 202 valence electrons. The summed E-state index contributed by atoms with van der Waals surface area (Å²) in [6.07, 6.45) is 2.16. The maximum Gasteiger partial charge on any atom is 0.228 e. The normalized spacial score (nSPS) is 14.0. The number of carbonyl (C=O) groups excluding carboxylic acids is 1. The summed E-state index contributed by atoms with van der Waals surface area (Å²) in [4.78, 5) is 32.1. The Morgan fingerprint density at radius 2 is 1.87 bits per heavy atom. The first kappa shape index (κ1) is 26.0. The lowest BCUT2D eigenvalue weighted by atomic mass is 9.97. The van der Waals surface area contributed by atoms with Gasteiger partial charge in [-0.05, 0) is 57.3 Å². The first-order valence-corrected chi connectivity index (χ1v) is 12.9. The van der Waals surface area contributed by atoms with Crippen LogP contribution in [-0.4, -0.2) is 89.9 Å². The molecule has 5 rings (SSSR count). The number of piperidine rings is 1. The zero-order chi connectivity index (χ0) is 27.7. The van der Waals surface area contributed by atoms with Gasteiger partial charge in [0, 0.05) is 51.4 Å². The fourth-order valence-corrected chi connectivity index (χ4v) is 5.15. The van der Waals surface area contributed by atoms with Crippen molar-refractivity contribution in [3.05, 3.63) is 47.3 Å². The first-order chi connectivity index (χ1) is 18.9. The van der Waals surface area contributed by atoms with Gasteiger partial charge < -0.3 is 30.8 Å². The van der Waals surface area contributed by atoms with E-state index in [4.69, 9.17) is 4.98 Å². The van der Waals surface area contributed by atoms with Crippen molar-refractivity contribution >= 4 is 34.4 Å². The van der Waals surface area contributed by atoms with Crippen molar-refractivity contribution in [3.63, 3.8) is 0 Å². The zero-order valence-corrected chi connectivity index (χ0v) is 22.8. The lowest BCUT2D eigenvalue weighted by Crippen LogP contribution is -2.42. The third-order valence-corrected chi connectivity index (χ3v) is 7.30. The molecule has 0 atom stereocenters. The molecule has 39 heavy (non-hydrogen) atoms. The monoisotopic (exact) mass is 527 g/mol. The molecule has 0 saturated carbocycles. The lowest BCUT2D eigenvalue weighted by Gasteiger charge is -2.35. The van der Waals surface area contributed by atoms with Crippen LogP contribution in [0.3, 0.4) is 0 Å². The van der Waals surface area contributed by atoms with Gasteiger partial charge in [0.1, 0.15) is 11.3 Å². The minimum Gasteiger partial charge on any atom is -0.371 e. The number of hydrogen-bond donors (Lipinski definition) is 4. The van der Waals surface area contributed by atoms with Gasteiger partial charge in [0.25, 0.3) is 0 Å². The number of anilines is 3. The molecular formula is C27H33N11O. The predicted octanol–water partition coefficient (Wildman–Crippen LogP) is 2.71. The topological polar surface area (TPSA) is 143 Å². The number of fused-ring (bicyclic) bond motifs is 1. The number of benzene rings is 1. The van der Waals surface area contributed by atoms with Crippen LogP contribution in [0, 0.1) is 11.3 Å². The number of imidazole rings is 1. The van der Waals surface area contributed by atoms with Gasteiger partial charge in [-0.3, -0.25) is 4.79 Å². The fourth-order valence-electron chi connectivity index (χ4n) is 5.15. The predicted molar refractivity (Wildman–Crippen MR) is 153 cm³/mol. The van der Waals surface area contributed by atoms with E-state index in [-0.39, 0.29) is 11.6 Å². The largest absolute Gasteiger partial charge is 0.371 e. The van der Waals surface area contributed by atoms with E-state index < -0.39 is 0 Å². The van der Waals surface area contributed by atoms with Crippen LogP contribution >= 0.6 is 0 Å². The molecule has 0 bridgehead atoms. The second-order valence-electron chi connectivity index (χ2n) is 9.71. The first-order valence-electron chi connectivity index (χ1n) is 12.9. The van der Waals surface area contributed by atoms with Gasteiger partial charge >= 0.3 is 0 Å². The average Bonchev–Trinajstić information content (AvgIpc) is 3.57. The maximum absolute atomic E-state index is 13.6. The van der Waals surface area contributed by atoms with E-state index >= 15 is 0 Å². The van der Waals surface area contributed by atoms with Gasteiger partial charge in [0.15, 0.2) is 23.1 Å². The minimum atomic E-state index is -0.287. The summed E-state index contributed by atoms with van der Waals surface area (Å²) in [5, 5.41) is 20.5. The van der Waals surface area contributed by atoms with Crippen LogP contribution in [-0.2, 0) is 0 Å². The summed E-state index contributed by atoms with van der Waals surface area (Å²) >= 11 is 0. The van der Waals surface area contributed by atoms with E-state index in [1.54, 1.807) is 44.1 Å². The molecule has 0 unspecified atom stereocenters. The highest BCUT2D eigenvalue weighted by Gasteiger charge is 2.24. The quantitative estimate of drug-likeness (QED) is 0.253. The number of pyridine rings is 1. The molecular weight excluding hydrogens is 494 g/mol. The Balaban J connectivity index is 1.47. The second-order valence-corrected chi connectivity index (χ2v) is 9.71. The number of aromatic amines is 1. The number of nitriles is 1. The number of rotatable bonds is 8. The third kappa shape index (κ3) is 4.72. The second kappa shape index (κ2) is 10.6. The van der Waals surface area contributed by atoms with Crippen LogP contribution in [0.15, 0.2) is 30.3 Å². The number of nitrogens with zero attached hydrogens (tertiary/aromatic N) is 7. The molecule has 0 amide bonds. The summed E-state index contributed by atoms with van der Waals surface area (Å²) in [5.74, 6) is 2.00. The van der Waals surface area contributed by atoms with E-state index in [9.17, 15) is 10.1 Å². The van der Waals surface area contributed by atoms with Crippen LogP contribution in [0.25, 0.3) is 22.3 Å². The Bertz CT molecular complexity index is 1550. The molecule has 4 aromatic rings. The molecule has 1 aliphatic heterocycles. The number of ketones is 1. The van der Waals surface area contributed by atoms with Crippen LogP contribution in [0.1, 0.15) is 34.6 Å². The number of nitrogens with one attached hydrogen (secondary N) is 4. The van der Waals surface area contributed by atoms with Crippen molar-refractivity contribution in [2.24, 2.45) is 0 Å². The molecule has 1 aromatic carbocycles. The molecule has 1 fully saturated rings. The molecule has 0 spiro atoms. The SMILES string of the molecule is CNc1nn(NC)c(NC)c1-c1cc(C(=O)c2nc3ccc(N4CCC(N(C)C)CC4)nc3[nH]2)ccc1C#N. The summed E-state index contributed by atoms with van der Waals surface area (Å²) in [7, 11) is 9.52. The van der Waals surface area contributed by atoms with Crippen molar-refractivity contribution in [1.82, 2.24) is 29.7 Å².